The van der Waals surface area contributed by atoms with Gasteiger partial charge >= 0.3 is 12.1 Å². The summed E-state index contributed by atoms with van der Waals surface area (Å²) in [6.45, 7) is 20.3. The van der Waals surface area contributed by atoms with Crippen LogP contribution >= 0.6 is 0 Å². The zero-order valence-electron chi connectivity index (χ0n) is 49.8. The van der Waals surface area contributed by atoms with Crippen molar-refractivity contribution in [2.45, 2.75) is 231 Å². The van der Waals surface area contributed by atoms with E-state index in [-0.39, 0.29) is 61.7 Å². The Hall–Kier alpha value is -3.65. The summed E-state index contributed by atoms with van der Waals surface area (Å²) in [5.41, 5.74) is -2.78. The van der Waals surface area contributed by atoms with Crippen molar-refractivity contribution < 1.29 is 97.1 Å². The molecule has 5 heterocycles. The summed E-state index contributed by atoms with van der Waals surface area (Å²) in [5.74, 6) is -4.97. The molecular formula is C61H91NO20. The van der Waals surface area contributed by atoms with Crippen LogP contribution in [-0.2, 0) is 61.7 Å². The second-order valence-corrected chi connectivity index (χ2v) is 25.8. The van der Waals surface area contributed by atoms with Crippen molar-refractivity contribution in [1.82, 2.24) is 5.32 Å². The topological polar surface area (TPSA) is 286 Å². The second kappa shape index (κ2) is 24.6. The van der Waals surface area contributed by atoms with E-state index >= 15 is 4.79 Å². The molecule has 21 nitrogen and oxygen atoms in total. The summed E-state index contributed by atoms with van der Waals surface area (Å²) < 4.78 is 67.8. The highest BCUT2D eigenvalue weighted by Crippen LogP contribution is 2.61. The van der Waals surface area contributed by atoms with Crippen LogP contribution in [0.1, 0.15) is 121 Å². The first-order valence-electron chi connectivity index (χ1n) is 29.6. The van der Waals surface area contributed by atoms with Crippen molar-refractivity contribution in [1.29, 1.82) is 0 Å². The Morgan fingerprint density at radius 2 is 1.40 bits per heavy atom. The van der Waals surface area contributed by atoms with Crippen molar-refractivity contribution in [2.24, 2.45) is 52.8 Å². The molecule has 21 heteroatoms. The molecule has 82 heavy (non-hydrogen) atoms. The number of rotatable bonds is 11. The summed E-state index contributed by atoms with van der Waals surface area (Å²) >= 11 is 0. The number of aliphatic hydroxyl groups is 6. The highest BCUT2D eigenvalue weighted by Gasteiger charge is 2.64. The van der Waals surface area contributed by atoms with E-state index in [9.17, 15) is 40.2 Å². The number of aliphatic hydroxyl groups excluding tert-OH is 5. The van der Waals surface area contributed by atoms with Gasteiger partial charge in [-0.3, -0.25) is 4.79 Å². The predicted octanol–water partition coefficient (Wildman–Crippen LogP) is 5.49. The van der Waals surface area contributed by atoms with Gasteiger partial charge in [-0.2, -0.15) is 0 Å². The van der Waals surface area contributed by atoms with E-state index < -0.39 is 162 Å². The van der Waals surface area contributed by atoms with Crippen LogP contribution in [-0.4, -0.2) is 179 Å². The number of hydrogen-bond donors (Lipinski definition) is 7. The highest BCUT2D eigenvalue weighted by molar-refractivity contribution is 6.26. The third-order valence-electron chi connectivity index (χ3n) is 19.9. The lowest BCUT2D eigenvalue weighted by atomic mass is 9.49. The zero-order chi connectivity index (χ0) is 59.7. The number of Topliss-reactive ketones (excluding diaryl/α,β-unsaturated/α-hetero) is 1. The number of carbonyl (C=O) groups is 3. The second-order valence-electron chi connectivity index (χ2n) is 25.8. The number of nitrogens with one attached hydrogen (secondary N) is 1. The van der Waals surface area contributed by atoms with E-state index in [1.54, 1.807) is 33.8 Å². The SMILES string of the molecule is COC(=O)N[C@H]1[C@@H](C)O[C@@H](O[C@H]2C/C=C(\C)[C@@H]3C=C[C@@H]4[C@@H](O[C@H]5C[C@@H](O[C@@H]6C[C@@H](C)[C@H](O[C@H]7C[C@@H](O)[C@@H](OC)[C@H](C)O7)[C@H](O)O6)[C@@H](O)[C@H](C)O5)[C@@H](C)C[C@H](C)[C@H]4[C@]3(C)C(O)=C3C(=O)O[C@]4(C[C@@H](C)C(CO)=C[C@H]4/C=C/2C)C3=O)C[C@]1(C)O. The zero-order valence-corrected chi connectivity index (χ0v) is 49.8. The minimum Gasteiger partial charge on any atom is -0.511 e. The number of esters is 1. The Morgan fingerprint density at radius 1 is 0.744 bits per heavy atom. The summed E-state index contributed by atoms with van der Waals surface area (Å²) in [5, 5.41) is 71.7. The lowest BCUT2D eigenvalue weighted by Crippen LogP contribution is -2.62. The molecule has 5 saturated heterocycles. The van der Waals surface area contributed by atoms with Crippen LogP contribution in [0.25, 0.3) is 0 Å². The van der Waals surface area contributed by atoms with E-state index in [1.165, 1.54) is 14.2 Å². The van der Waals surface area contributed by atoms with Crippen LogP contribution in [0.3, 0.4) is 0 Å². The normalized spacial score (nSPS) is 49.4. The quantitative estimate of drug-likeness (QED) is 0.0764. The minimum atomic E-state index is -1.77. The Morgan fingerprint density at radius 3 is 2.06 bits per heavy atom. The van der Waals surface area contributed by atoms with E-state index in [2.05, 4.69) is 25.2 Å². The third-order valence-corrected chi connectivity index (χ3v) is 19.9. The number of alkyl carbamates (subject to hydrolysis) is 1. The summed E-state index contributed by atoms with van der Waals surface area (Å²) in [7, 11) is 2.75. The molecule has 1 amide bonds. The van der Waals surface area contributed by atoms with Crippen LogP contribution in [0.15, 0.2) is 58.4 Å². The fourth-order valence-corrected chi connectivity index (χ4v) is 15.6. The maximum absolute atomic E-state index is 15.5. The van der Waals surface area contributed by atoms with E-state index in [4.69, 9.17) is 52.1 Å². The van der Waals surface area contributed by atoms with Gasteiger partial charge in [0.05, 0.1) is 68.1 Å². The fourth-order valence-electron chi connectivity index (χ4n) is 15.6. The van der Waals surface area contributed by atoms with Crippen LogP contribution in [0.5, 0.6) is 0 Å². The lowest BCUT2D eigenvalue weighted by molar-refractivity contribution is -0.358. The molecule has 1 spiro atoms. The molecule has 0 radical (unpaired) electrons. The number of methoxy groups -OCH3 is 2. The molecule has 27 atom stereocenters. The maximum atomic E-state index is 15.5. The fraction of sp³-hybridized carbons (Fsp3) is 0.787. The van der Waals surface area contributed by atoms with Gasteiger partial charge in [0, 0.05) is 62.4 Å². The maximum Gasteiger partial charge on any atom is 0.407 e. The van der Waals surface area contributed by atoms with E-state index in [1.807, 2.05) is 52.8 Å². The van der Waals surface area contributed by atoms with Crippen molar-refractivity contribution in [3.63, 3.8) is 0 Å². The molecule has 4 aliphatic carbocycles. The van der Waals surface area contributed by atoms with Crippen LogP contribution in [0, 0.1) is 52.8 Å². The molecule has 2 bridgehead atoms. The van der Waals surface area contributed by atoms with Crippen molar-refractivity contribution in [3.8, 4) is 0 Å². The van der Waals surface area contributed by atoms with Gasteiger partial charge in [-0.25, -0.2) is 9.59 Å². The first kappa shape index (κ1) is 62.9. The molecule has 1 saturated carbocycles. The molecule has 5 aliphatic heterocycles. The van der Waals surface area contributed by atoms with Gasteiger partial charge in [0.25, 0.3) is 0 Å². The molecule has 7 N–H and O–H groups in total. The molecule has 9 rings (SSSR count). The van der Waals surface area contributed by atoms with Crippen molar-refractivity contribution in [2.75, 3.05) is 20.8 Å². The van der Waals surface area contributed by atoms with Crippen molar-refractivity contribution in [3.05, 3.63) is 58.4 Å². The van der Waals surface area contributed by atoms with E-state index in [0.29, 0.717) is 30.4 Å². The smallest absolute Gasteiger partial charge is 0.407 e. The standard InChI is InChI=1S/C61H91NO20/c1-27-14-17-41(77-46-25-59(10,71)53(35(9)76-46)62-58(70)73-13)28(2)19-37-21-36(26-63)32(6)24-61(37)55(67)47(56(68)82-61)54(66)60(11)39(27)16-15-38-48(60)29(3)18-30(4)50(38)79-45-23-42(49(65)33(7)74-45)78-43-20-31(5)51(57(69)81-43)80-44-22-40(64)52(72-12)34(8)75-44/h14-16,19,21,29-35,37-46,48-53,57,63-66,69,71H,17-18,20,22-26H2,1-13H3,(H,62,70)/b27-14+,28-19+,54-47?/t29-,30-,31+,32+,33-,34-,35+,37+,38-,39-,40+,41-,42+,43-,44-,45-,46-,48+,49-,50-,51-,52-,53-,57+,59-,60+,61-/m0/s1. The Labute approximate surface area is 481 Å². The lowest BCUT2D eigenvalue weighted by Gasteiger charge is -2.56. The van der Waals surface area contributed by atoms with E-state index in [0.717, 1.165) is 5.57 Å². The summed E-state index contributed by atoms with van der Waals surface area (Å²) in [6.07, 6.45) is -1.46. The highest BCUT2D eigenvalue weighted by atomic mass is 16.8. The molecule has 0 aromatic heterocycles. The average molecular weight is 1160 g/mol. The Kier molecular flexibility index (Phi) is 18.9. The molecule has 0 unspecified atom stereocenters. The summed E-state index contributed by atoms with van der Waals surface area (Å²) in [4.78, 5) is 42.5. The number of ether oxygens (including phenoxy) is 11. The number of hydrogen-bond acceptors (Lipinski definition) is 20. The number of allylic oxidation sites excluding steroid dienone is 3. The largest absolute Gasteiger partial charge is 0.511 e. The predicted molar refractivity (Wildman–Crippen MR) is 292 cm³/mol. The van der Waals surface area contributed by atoms with Gasteiger partial charge in [-0.05, 0) is 95.1 Å². The van der Waals surface area contributed by atoms with Crippen molar-refractivity contribution >= 4 is 17.8 Å². The number of ketones is 1. The first-order valence-corrected chi connectivity index (χ1v) is 29.6. The molecule has 0 aromatic rings. The van der Waals surface area contributed by atoms with Gasteiger partial charge in [0.15, 0.2) is 37.1 Å². The van der Waals surface area contributed by atoms with Gasteiger partial charge in [-0.15, -0.1) is 0 Å². The third kappa shape index (κ3) is 11.8. The minimum absolute atomic E-state index is 0.0183. The van der Waals surface area contributed by atoms with Crippen LogP contribution in [0.4, 0.5) is 4.79 Å². The van der Waals surface area contributed by atoms with Crippen LogP contribution < -0.4 is 5.32 Å². The monoisotopic (exact) mass is 1160 g/mol. The van der Waals surface area contributed by atoms with Gasteiger partial charge in [0.1, 0.15) is 29.6 Å². The molecule has 0 aromatic carbocycles. The van der Waals surface area contributed by atoms with Crippen LogP contribution in [0.2, 0.25) is 0 Å². The number of carbonyl (C=O) groups excluding carboxylic acids is 3. The number of fused-ring (bicyclic) bond motifs is 4. The van der Waals surface area contributed by atoms with Gasteiger partial charge < -0.3 is 88.1 Å². The van der Waals surface area contributed by atoms with Gasteiger partial charge in [0.2, 0.25) is 5.78 Å². The molecule has 6 fully saturated rings. The molecule has 9 aliphatic rings. The Bertz CT molecular complexity index is 2490. The average Bonchev–Trinajstić information content (AvgIpc) is 3.56. The molecule has 460 valence electrons. The Balaban J connectivity index is 1.00. The molecular weight excluding hydrogens is 1070 g/mol. The number of amides is 1. The first-order chi connectivity index (χ1) is 38.6. The summed E-state index contributed by atoms with van der Waals surface area (Å²) in [6, 6.07) is -0.817. The van der Waals surface area contributed by atoms with Gasteiger partial charge in [-0.1, -0.05) is 70.6 Å².